The van der Waals surface area contributed by atoms with Crippen molar-refractivity contribution in [3.63, 3.8) is 0 Å². The highest BCUT2D eigenvalue weighted by atomic mass is 35.5. The molecule has 0 saturated heterocycles. The molecule has 1 aliphatic rings. The van der Waals surface area contributed by atoms with Crippen molar-refractivity contribution in [2.75, 3.05) is 18.8 Å². The third kappa shape index (κ3) is 5.16. The fourth-order valence-corrected chi connectivity index (χ4v) is 3.22. The second-order valence-corrected chi connectivity index (χ2v) is 5.79. The Morgan fingerprint density at radius 3 is 2.95 bits per heavy atom. The first-order chi connectivity index (χ1) is 9.69. The van der Waals surface area contributed by atoms with Crippen molar-refractivity contribution >= 4 is 23.4 Å². The van der Waals surface area contributed by atoms with Crippen LogP contribution in [0.3, 0.4) is 0 Å². The fourth-order valence-electron chi connectivity index (χ4n) is 1.99. The number of aromatic nitrogens is 1. The molecule has 2 nitrogen and oxygen atoms in total. The molecule has 20 heavy (non-hydrogen) atoms. The number of thioether (sulfide) groups is 1. The number of halogens is 1. The van der Waals surface area contributed by atoms with Gasteiger partial charge in [-0.05, 0) is 24.1 Å². The lowest BCUT2D eigenvalue weighted by molar-refractivity contribution is 0.309. The van der Waals surface area contributed by atoms with E-state index in [1.807, 2.05) is 19.1 Å². The Hall–Kier alpha value is -1.03. The predicted molar refractivity (Wildman–Crippen MR) is 90.5 cm³/mol. The number of nitrogens with zero attached hydrogens (tertiary/aromatic N) is 2. The minimum atomic E-state index is 0.577. The van der Waals surface area contributed by atoms with E-state index in [1.54, 1.807) is 11.8 Å². The van der Waals surface area contributed by atoms with Crippen LogP contribution in [0.25, 0.3) is 0 Å². The van der Waals surface area contributed by atoms with Gasteiger partial charge < -0.3 is 0 Å². The Kier molecular flexibility index (Phi) is 7.67. The Morgan fingerprint density at radius 2 is 2.25 bits per heavy atom. The van der Waals surface area contributed by atoms with Crippen LogP contribution in [-0.4, -0.2) is 28.7 Å². The average Bonchev–Trinajstić information content (AvgIpc) is 2.62. The van der Waals surface area contributed by atoms with Gasteiger partial charge in [0.2, 0.25) is 0 Å². The molecule has 108 valence electrons. The first-order valence-corrected chi connectivity index (χ1v) is 7.86. The highest BCUT2D eigenvalue weighted by molar-refractivity contribution is 7.99. The first-order valence-electron chi connectivity index (χ1n) is 6.50. The second kappa shape index (κ2) is 9.01. The zero-order chi connectivity index (χ0) is 15.0. The van der Waals surface area contributed by atoms with Crippen LogP contribution in [0.5, 0.6) is 0 Å². The molecule has 1 aromatic heterocycles. The molecular weight excluding hydrogens is 288 g/mol. The largest absolute Gasteiger partial charge is 0.294 e. The van der Waals surface area contributed by atoms with Crippen molar-refractivity contribution in [2.45, 2.75) is 18.5 Å². The number of hydrogen-bond acceptors (Lipinski definition) is 3. The van der Waals surface area contributed by atoms with Crippen molar-refractivity contribution in [3.8, 4) is 0 Å². The van der Waals surface area contributed by atoms with Crippen molar-refractivity contribution in [1.29, 1.82) is 0 Å². The molecule has 1 aliphatic heterocycles. The average molecular weight is 309 g/mol. The first kappa shape index (κ1) is 17.0. The molecule has 0 bridgehead atoms. The summed E-state index contributed by atoms with van der Waals surface area (Å²) in [6, 6.07) is 3.94. The summed E-state index contributed by atoms with van der Waals surface area (Å²) in [4.78, 5) is 6.79. The van der Waals surface area contributed by atoms with Gasteiger partial charge in [0.25, 0.3) is 0 Å². The standard InChI is InChI=1S/C14H17ClN2S.C2H4/c1-3-4-11(2)9-17-7-8-18-14-12(10-17)5-6-13(15)16-14;1-2/h3-6H,2,7-10H2,1H3;1-2H2/b4-3-;. The van der Waals surface area contributed by atoms with E-state index < -0.39 is 0 Å². The van der Waals surface area contributed by atoms with E-state index in [1.165, 1.54) is 5.56 Å². The van der Waals surface area contributed by atoms with E-state index in [0.717, 1.165) is 36.0 Å². The summed E-state index contributed by atoms with van der Waals surface area (Å²) < 4.78 is 0. The zero-order valence-electron chi connectivity index (χ0n) is 11.9. The third-order valence-electron chi connectivity index (χ3n) is 2.77. The summed E-state index contributed by atoms with van der Waals surface area (Å²) in [5.41, 5.74) is 2.41. The van der Waals surface area contributed by atoms with Gasteiger partial charge in [0.05, 0.1) is 0 Å². The lowest BCUT2D eigenvalue weighted by Crippen LogP contribution is -2.26. The second-order valence-electron chi connectivity index (χ2n) is 4.32. The van der Waals surface area contributed by atoms with Gasteiger partial charge in [-0.2, -0.15) is 0 Å². The van der Waals surface area contributed by atoms with Crippen molar-refractivity contribution < 1.29 is 0 Å². The van der Waals surface area contributed by atoms with Crippen LogP contribution in [-0.2, 0) is 6.54 Å². The Bertz CT molecular complexity index is 485. The third-order valence-corrected chi connectivity index (χ3v) is 4.00. The van der Waals surface area contributed by atoms with Gasteiger partial charge in [0.15, 0.2) is 0 Å². The molecule has 1 aromatic rings. The number of pyridine rings is 1. The summed E-state index contributed by atoms with van der Waals surface area (Å²) in [5, 5.41) is 1.65. The van der Waals surface area contributed by atoms with E-state index in [-0.39, 0.29) is 0 Å². The molecular formula is C16H21ClN2S. The summed E-state index contributed by atoms with van der Waals surface area (Å²) in [6.07, 6.45) is 4.10. The van der Waals surface area contributed by atoms with Gasteiger partial charge in [0.1, 0.15) is 10.2 Å². The molecule has 0 N–H and O–H groups in total. The van der Waals surface area contributed by atoms with Gasteiger partial charge in [-0.3, -0.25) is 4.90 Å². The fraction of sp³-hybridized carbons (Fsp3) is 0.312. The quantitative estimate of drug-likeness (QED) is 0.462. The number of allylic oxidation sites excluding steroid dienone is 1. The van der Waals surface area contributed by atoms with Gasteiger partial charge in [0, 0.05) is 25.4 Å². The SMILES string of the molecule is C=C.C=C(/C=C\C)CN1CCSc2nc(Cl)ccc2C1. The summed E-state index contributed by atoms with van der Waals surface area (Å²) in [5.74, 6) is 1.05. The van der Waals surface area contributed by atoms with Gasteiger partial charge in [-0.25, -0.2) is 4.98 Å². The molecule has 0 radical (unpaired) electrons. The van der Waals surface area contributed by atoms with Gasteiger partial charge in [-0.15, -0.1) is 24.9 Å². The summed E-state index contributed by atoms with van der Waals surface area (Å²) in [7, 11) is 0. The van der Waals surface area contributed by atoms with Crippen LogP contribution in [0.15, 0.2) is 54.6 Å². The van der Waals surface area contributed by atoms with E-state index in [9.17, 15) is 0 Å². The van der Waals surface area contributed by atoms with E-state index in [4.69, 9.17) is 11.6 Å². The van der Waals surface area contributed by atoms with E-state index in [0.29, 0.717) is 5.15 Å². The highest BCUT2D eigenvalue weighted by Gasteiger charge is 2.16. The molecule has 0 fully saturated rings. The molecule has 0 atom stereocenters. The van der Waals surface area contributed by atoms with Crippen molar-refractivity contribution in [3.05, 3.63) is 60.3 Å². The molecule has 0 aromatic carbocycles. The van der Waals surface area contributed by atoms with Crippen LogP contribution in [0.2, 0.25) is 5.15 Å². The molecule has 0 aliphatic carbocycles. The van der Waals surface area contributed by atoms with Crippen molar-refractivity contribution in [2.24, 2.45) is 0 Å². The summed E-state index contributed by atoms with van der Waals surface area (Å²) >= 11 is 7.71. The van der Waals surface area contributed by atoms with Crippen LogP contribution < -0.4 is 0 Å². The molecule has 2 rings (SSSR count). The van der Waals surface area contributed by atoms with E-state index in [2.05, 4.69) is 41.8 Å². The van der Waals surface area contributed by atoms with Crippen molar-refractivity contribution in [1.82, 2.24) is 9.88 Å². The maximum Gasteiger partial charge on any atom is 0.130 e. The minimum absolute atomic E-state index is 0.577. The lowest BCUT2D eigenvalue weighted by Gasteiger charge is -2.20. The molecule has 0 amide bonds. The highest BCUT2D eigenvalue weighted by Crippen LogP contribution is 2.27. The van der Waals surface area contributed by atoms with Crippen LogP contribution in [0.4, 0.5) is 0 Å². The molecule has 2 heterocycles. The number of fused-ring (bicyclic) bond motifs is 1. The molecule has 0 spiro atoms. The maximum atomic E-state index is 5.93. The predicted octanol–water partition coefficient (Wildman–Crippen LogP) is 4.58. The lowest BCUT2D eigenvalue weighted by atomic mass is 10.2. The Balaban J connectivity index is 0.000000956. The smallest absolute Gasteiger partial charge is 0.130 e. The molecule has 0 saturated carbocycles. The van der Waals surface area contributed by atoms with Crippen LogP contribution >= 0.6 is 23.4 Å². The van der Waals surface area contributed by atoms with E-state index >= 15 is 0 Å². The van der Waals surface area contributed by atoms with Crippen LogP contribution in [0.1, 0.15) is 12.5 Å². The number of rotatable bonds is 3. The Labute approximate surface area is 131 Å². The Morgan fingerprint density at radius 1 is 1.50 bits per heavy atom. The number of hydrogen-bond donors (Lipinski definition) is 0. The zero-order valence-corrected chi connectivity index (χ0v) is 13.5. The maximum absolute atomic E-state index is 5.93. The van der Waals surface area contributed by atoms with Crippen LogP contribution in [0, 0.1) is 0 Å². The molecule has 4 heteroatoms. The monoisotopic (exact) mass is 308 g/mol. The van der Waals surface area contributed by atoms with Gasteiger partial charge in [-0.1, -0.05) is 36.4 Å². The normalized spacial score (nSPS) is 15.1. The topological polar surface area (TPSA) is 16.1 Å². The molecule has 0 unspecified atom stereocenters. The minimum Gasteiger partial charge on any atom is -0.294 e. The van der Waals surface area contributed by atoms with Gasteiger partial charge >= 0.3 is 0 Å². The summed E-state index contributed by atoms with van der Waals surface area (Å²) in [6.45, 7) is 15.0.